The molecule has 1 aliphatic rings. The maximum Gasteiger partial charge on any atom is 0.241 e. The number of nitrogens with zero attached hydrogens (tertiary/aromatic N) is 2. The zero-order chi connectivity index (χ0) is 14.5. The fourth-order valence-corrected chi connectivity index (χ4v) is 1.97. The molecule has 0 radical (unpaired) electrons. The van der Waals surface area contributed by atoms with Gasteiger partial charge in [-0.05, 0) is 18.1 Å². The Balaban J connectivity index is 1.96. The fourth-order valence-electron chi connectivity index (χ4n) is 1.97. The van der Waals surface area contributed by atoms with Crippen molar-refractivity contribution in [2.75, 3.05) is 36.5 Å². The molecular formula is C14H22N4O2. The van der Waals surface area contributed by atoms with E-state index in [0.717, 1.165) is 32.1 Å². The van der Waals surface area contributed by atoms with Gasteiger partial charge in [0.25, 0.3) is 0 Å². The summed E-state index contributed by atoms with van der Waals surface area (Å²) in [4.78, 5) is 18.4. The summed E-state index contributed by atoms with van der Waals surface area (Å²) < 4.78 is 5.31. The number of amides is 1. The lowest BCUT2D eigenvalue weighted by Crippen LogP contribution is -2.39. The summed E-state index contributed by atoms with van der Waals surface area (Å²) in [5.74, 6) is 0.830. The van der Waals surface area contributed by atoms with Crippen molar-refractivity contribution in [3.8, 4) is 0 Å². The zero-order valence-electron chi connectivity index (χ0n) is 12.0. The van der Waals surface area contributed by atoms with Gasteiger partial charge >= 0.3 is 0 Å². The molecule has 1 aromatic heterocycles. The van der Waals surface area contributed by atoms with Crippen molar-refractivity contribution in [1.82, 2.24) is 4.98 Å². The molecule has 0 bridgehead atoms. The van der Waals surface area contributed by atoms with E-state index in [4.69, 9.17) is 10.5 Å². The van der Waals surface area contributed by atoms with E-state index in [2.05, 4.69) is 15.2 Å². The summed E-state index contributed by atoms with van der Waals surface area (Å²) in [6.07, 6.45) is 1.66. The van der Waals surface area contributed by atoms with E-state index in [0.29, 0.717) is 5.69 Å². The Labute approximate surface area is 119 Å². The van der Waals surface area contributed by atoms with Crippen molar-refractivity contribution in [2.45, 2.75) is 19.9 Å². The van der Waals surface area contributed by atoms with Crippen LogP contribution in [0, 0.1) is 5.92 Å². The normalized spacial score (nSPS) is 17.1. The van der Waals surface area contributed by atoms with E-state index in [9.17, 15) is 4.79 Å². The van der Waals surface area contributed by atoms with Crippen LogP contribution in [0.3, 0.4) is 0 Å². The molecule has 1 unspecified atom stereocenters. The highest BCUT2D eigenvalue weighted by Crippen LogP contribution is 2.15. The maximum absolute atomic E-state index is 11.8. The number of anilines is 2. The predicted octanol–water partition coefficient (Wildman–Crippen LogP) is 0.840. The average Bonchev–Trinajstić information content (AvgIpc) is 2.48. The number of pyridine rings is 1. The van der Waals surface area contributed by atoms with Gasteiger partial charge in [0.2, 0.25) is 5.91 Å². The smallest absolute Gasteiger partial charge is 0.241 e. The molecule has 1 aliphatic heterocycles. The molecule has 3 N–H and O–H groups in total. The minimum atomic E-state index is -0.506. The number of carbonyl (C=O) groups is 1. The van der Waals surface area contributed by atoms with Gasteiger partial charge in [-0.3, -0.25) is 4.79 Å². The van der Waals surface area contributed by atoms with Gasteiger partial charge in [-0.15, -0.1) is 0 Å². The summed E-state index contributed by atoms with van der Waals surface area (Å²) in [5, 5.41) is 2.78. The minimum Gasteiger partial charge on any atom is -0.378 e. The highest BCUT2D eigenvalue weighted by molar-refractivity contribution is 5.94. The van der Waals surface area contributed by atoms with Crippen LogP contribution in [-0.4, -0.2) is 43.2 Å². The molecule has 1 amide bonds. The Kier molecular flexibility index (Phi) is 4.92. The van der Waals surface area contributed by atoms with Crippen molar-refractivity contribution >= 4 is 17.4 Å². The molecule has 0 aliphatic carbocycles. The number of carbonyl (C=O) groups excluding carboxylic acids is 1. The molecule has 6 heteroatoms. The lowest BCUT2D eigenvalue weighted by Gasteiger charge is -2.27. The molecule has 1 aromatic rings. The topological polar surface area (TPSA) is 80.5 Å². The van der Waals surface area contributed by atoms with E-state index < -0.39 is 6.04 Å². The van der Waals surface area contributed by atoms with Crippen molar-refractivity contribution < 1.29 is 9.53 Å². The van der Waals surface area contributed by atoms with Gasteiger partial charge in [0, 0.05) is 13.1 Å². The molecule has 0 aromatic carbocycles. The van der Waals surface area contributed by atoms with Crippen molar-refractivity contribution in [1.29, 1.82) is 0 Å². The van der Waals surface area contributed by atoms with E-state index in [1.165, 1.54) is 0 Å². The third-order valence-electron chi connectivity index (χ3n) is 3.37. The van der Waals surface area contributed by atoms with E-state index >= 15 is 0 Å². The minimum absolute atomic E-state index is 0.107. The quantitative estimate of drug-likeness (QED) is 0.853. The van der Waals surface area contributed by atoms with Crippen LogP contribution in [0.25, 0.3) is 0 Å². The Morgan fingerprint density at radius 2 is 2.10 bits per heavy atom. The number of rotatable bonds is 4. The number of nitrogens with one attached hydrogen (secondary N) is 1. The number of ether oxygens (including phenoxy) is 1. The van der Waals surface area contributed by atoms with Crippen LogP contribution in [0.4, 0.5) is 11.5 Å². The van der Waals surface area contributed by atoms with Crippen LogP contribution >= 0.6 is 0 Å². The summed E-state index contributed by atoms with van der Waals surface area (Å²) in [7, 11) is 0. The number of nitrogens with two attached hydrogens (primary N) is 1. The second kappa shape index (κ2) is 6.67. The lowest BCUT2D eigenvalue weighted by molar-refractivity contribution is -0.118. The molecule has 110 valence electrons. The van der Waals surface area contributed by atoms with Gasteiger partial charge in [-0.1, -0.05) is 13.8 Å². The van der Waals surface area contributed by atoms with E-state index in [1.807, 2.05) is 26.0 Å². The van der Waals surface area contributed by atoms with Gasteiger partial charge in [-0.2, -0.15) is 0 Å². The Bertz CT molecular complexity index is 441. The van der Waals surface area contributed by atoms with Crippen molar-refractivity contribution in [3.05, 3.63) is 18.3 Å². The standard InChI is InChI=1S/C14H22N4O2/c1-10(2)13(15)14(19)17-11-3-4-12(16-9-11)18-5-7-20-8-6-18/h3-4,9-10,13H,5-8,15H2,1-2H3,(H,17,19). The molecule has 1 atom stereocenters. The van der Waals surface area contributed by atoms with Gasteiger partial charge in [0.15, 0.2) is 0 Å². The average molecular weight is 278 g/mol. The first-order valence-corrected chi connectivity index (χ1v) is 6.93. The largest absolute Gasteiger partial charge is 0.378 e. The molecule has 1 saturated heterocycles. The second-order valence-electron chi connectivity index (χ2n) is 5.26. The number of aromatic nitrogens is 1. The number of hydrogen-bond donors (Lipinski definition) is 2. The van der Waals surface area contributed by atoms with Crippen LogP contribution in [0.5, 0.6) is 0 Å². The van der Waals surface area contributed by atoms with Crippen LogP contribution in [0.2, 0.25) is 0 Å². The molecule has 1 fully saturated rings. The maximum atomic E-state index is 11.8. The van der Waals surface area contributed by atoms with Crippen LogP contribution in [0.15, 0.2) is 18.3 Å². The summed E-state index contributed by atoms with van der Waals surface area (Å²) in [6, 6.07) is 3.25. The van der Waals surface area contributed by atoms with Crippen LogP contribution in [-0.2, 0) is 9.53 Å². The molecule has 2 heterocycles. The molecule has 20 heavy (non-hydrogen) atoms. The Morgan fingerprint density at radius 1 is 1.40 bits per heavy atom. The number of hydrogen-bond acceptors (Lipinski definition) is 5. The highest BCUT2D eigenvalue weighted by Gasteiger charge is 2.17. The summed E-state index contributed by atoms with van der Waals surface area (Å²) in [6.45, 7) is 6.98. The summed E-state index contributed by atoms with van der Waals surface area (Å²) in [5.41, 5.74) is 6.47. The van der Waals surface area contributed by atoms with Crippen molar-refractivity contribution in [3.63, 3.8) is 0 Å². The second-order valence-corrected chi connectivity index (χ2v) is 5.26. The van der Waals surface area contributed by atoms with Gasteiger partial charge in [0.05, 0.1) is 31.1 Å². The first kappa shape index (κ1) is 14.7. The highest BCUT2D eigenvalue weighted by atomic mass is 16.5. The third kappa shape index (κ3) is 3.68. The van der Waals surface area contributed by atoms with Gasteiger partial charge in [-0.25, -0.2) is 4.98 Å². The number of morpholine rings is 1. The first-order valence-electron chi connectivity index (χ1n) is 6.93. The predicted molar refractivity (Wildman–Crippen MR) is 78.7 cm³/mol. The molecule has 0 saturated carbocycles. The van der Waals surface area contributed by atoms with Gasteiger partial charge in [0.1, 0.15) is 5.82 Å². The third-order valence-corrected chi connectivity index (χ3v) is 3.37. The lowest BCUT2D eigenvalue weighted by atomic mass is 10.1. The van der Waals surface area contributed by atoms with Crippen molar-refractivity contribution in [2.24, 2.45) is 11.7 Å². The van der Waals surface area contributed by atoms with Gasteiger partial charge < -0.3 is 20.7 Å². The zero-order valence-corrected chi connectivity index (χ0v) is 12.0. The fraction of sp³-hybridized carbons (Fsp3) is 0.571. The SMILES string of the molecule is CC(C)C(N)C(=O)Nc1ccc(N2CCOCC2)nc1. The monoisotopic (exact) mass is 278 g/mol. The molecule has 6 nitrogen and oxygen atoms in total. The summed E-state index contributed by atoms with van der Waals surface area (Å²) >= 11 is 0. The van der Waals surface area contributed by atoms with E-state index in [1.54, 1.807) is 6.20 Å². The van der Waals surface area contributed by atoms with E-state index in [-0.39, 0.29) is 11.8 Å². The molecule has 2 rings (SSSR count). The first-order chi connectivity index (χ1) is 9.58. The van der Waals surface area contributed by atoms with Crippen LogP contribution in [0.1, 0.15) is 13.8 Å². The Morgan fingerprint density at radius 3 is 2.65 bits per heavy atom. The molecule has 0 spiro atoms. The Hall–Kier alpha value is -1.66. The van der Waals surface area contributed by atoms with Crippen LogP contribution < -0.4 is 16.0 Å². The molecular weight excluding hydrogens is 256 g/mol.